The van der Waals surface area contributed by atoms with E-state index in [4.69, 9.17) is 9.47 Å². The number of benzene rings is 1. The Kier molecular flexibility index (Phi) is 7.26. The average Bonchev–Trinajstić information content (AvgIpc) is 2.62. The number of rotatable bonds is 7. The Morgan fingerprint density at radius 3 is 2.77 bits per heavy atom. The molecule has 1 aromatic carbocycles. The van der Waals surface area contributed by atoms with Crippen molar-refractivity contribution in [3.8, 4) is 11.5 Å². The SMILES string of the molecule is CCOC(=O)C1CCCCN1C(=O)CN(C)Cc1ccc(OC)c(O)c1. The largest absolute Gasteiger partial charge is 0.504 e. The van der Waals surface area contributed by atoms with Crippen LogP contribution in [0.5, 0.6) is 11.5 Å². The number of methoxy groups -OCH3 is 1. The quantitative estimate of drug-likeness (QED) is 0.743. The first-order valence-electron chi connectivity index (χ1n) is 8.96. The number of likely N-dealkylation sites (N-methyl/N-ethyl adjacent to an activating group) is 1. The van der Waals surface area contributed by atoms with Crippen LogP contribution in [0.2, 0.25) is 0 Å². The van der Waals surface area contributed by atoms with Gasteiger partial charge in [-0.25, -0.2) is 4.79 Å². The van der Waals surface area contributed by atoms with Crippen LogP contribution in [-0.2, 0) is 20.9 Å². The first kappa shape index (κ1) is 20.0. The van der Waals surface area contributed by atoms with E-state index in [1.807, 2.05) is 18.0 Å². The van der Waals surface area contributed by atoms with Gasteiger partial charge < -0.3 is 19.5 Å². The average molecular weight is 364 g/mol. The molecule has 144 valence electrons. The first-order chi connectivity index (χ1) is 12.5. The van der Waals surface area contributed by atoms with Gasteiger partial charge in [-0.2, -0.15) is 0 Å². The third kappa shape index (κ3) is 5.11. The van der Waals surface area contributed by atoms with Gasteiger partial charge in [0.1, 0.15) is 6.04 Å². The number of hydrogen-bond acceptors (Lipinski definition) is 6. The topological polar surface area (TPSA) is 79.3 Å². The molecule has 26 heavy (non-hydrogen) atoms. The fourth-order valence-electron chi connectivity index (χ4n) is 3.24. The molecule has 7 nitrogen and oxygen atoms in total. The van der Waals surface area contributed by atoms with Crippen molar-refractivity contribution in [3.63, 3.8) is 0 Å². The number of nitrogens with zero attached hydrogens (tertiary/aromatic N) is 2. The van der Waals surface area contributed by atoms with Crippen LogP contribution in [0.1, 0.15) is 31.7 Å². The first-order valence-corrected chi connectivity index (χ1v) is 8.96. The summed E-state index contributed by atoms with van der Waals surface area (Å²) in [5, 5.41) is 9.87. The lowest BCUT2D eigenvalue weighted by molar-refractivity contribution is -0.157. The zero-order chi connectivity index (χ0) is 19.1. The highest BCUT2D eigenvalue weighted by Crippen LogP contribution is 2.26. The van der Waals surface area contributed by atoms with Crippen molar-refractivity contribution in [2.45, 2.75) is 38.8 Å². The van der Waals surface area contributed by atoms with Gasteiger partial charge >= 0.3 is 5.97 Å². The summed E-state index contributed by atoms with van der Waals surface area (Å²) in [6, 6.07) is 4.70. The maximum absolute atomic E-state index is 12.7. The maximum atomic E-state index is 12.7. The Labute approximate surface area is 154 Å². The van der Waals surface area contributed by atoms with Crippen molar-refractivity contribution in [1.82, 2.24) is 9.80 Å². The number of likely N-dealkylation sites (tertiary alicyclic amines) is 1. The van der Waals surface area contributed by atoms with Crippen LogP contribution in [0, 0.1) is 0 Å². The second-order valence-electron chi connectivity index (χ2n) is 6.53. The molecule has 1 saturated heterocycles. The van der Waals surface area contributed by atoms with Crippen LogP contribution in [-0.4, -0.2) is 66.7 Å². The molecule has 1 aliphatic heterocycles. The number of hydrogen-bond donors (Lipinski definition) is 1. The molecular formula is C19H28N2O5. The second kappa shape index (κ2) is 9.43. The van der Waals surface area contributed by atoms with Gasteiger partial charge in [-0.1, -0.05) is 6.07 Å². The monoisotopic (exact) mass is 364 g/mol. The van der Waals surface area contributed by atoms with E-state index in [1.54, 1.807) is 24.0 Å². The zero-order valence-corrected chi connectivity index (χ0v) is 15.7. The molecular weight excluding hydrogens is 336 g/mol. The highest BCUT2D eigenvalue weighted by molar-refractivity contribution is 5.85. The van der Waals surface area contributed by atoms with E-state index < -0.39 is 6.04 Å². The Hall–Kier alpha value is -2.28. The second-order valence-corrected chi connectivity index (χ2v) is 6.53. The van der Waals surface area contributed by atoms with Crippen LogP contribution >= 0.6 is 0 Å². The summed E-state index contributed by atoms with van der Waals surface area (Å²) in [5.74, 6) is 0.0903. The normalized spacial score (nSPS) is 17.2. The van der Waals surface area contributed by atoms with Crippen LogP contribution in [0.15, 0.2) is 18.2 Å². The van der Waals surface area contributed by atoms with Gasteiger partial charge in [-0.15, -0.1) is 0 Å². The maximum Gasteiger partial charge on any atom is 0.328 e. The molecule has 1 aliphatic rings. The summed E-state index contributed by atoms with van der Waals surface area (Å²) in [7, 11) is 3.33. The molecule has 1 amide bonds. The smallest absolute Gasteiger partial charge is 0.328 e. The summed E-state index contributed by atoms with van der Waals surface area (Å²) in [6.07, 6.45) is 2.48. The fourth-order valence-corrected chi connectivity index (χ4v) is 3.24. The molecule has 1 atom stereocenters. The molecule has 2 rings (SSSR count). The molecule has 1 aromatic rings. The Bertz CT molecular complexity index is 634. The Morgan fingerprint density at radius 1 is 1.35 bits per heavy atom. The predicted molar refractivity (Wildman–Crippen MR) is 97.0 cm³/mol. The third-order valence-corrected chi connectivity index (χ3v) is 4.48. The van der Waals surface area contributed by atoms with Crippen LogP contribution in [0.25, 0.3) is 0 Å². The molecule has 0 aliphatic carbocycles. The Balaban J connectivity index is 1.96. The number of aromatic hydroxyl groups is 1. The van der Waals surface area contributed by atoms with Crippen LogP contribution < -0.4 is 4.74 Å². The molecule has 0 bridgehead atoms. The number of amides is 1. The van der Waals surface area contributed by atoms with E-state index in [0.717, 1.165) is 18.4 Å². The standard InChI is InChI=1S/C19H28N2O5/c1-4-26-19(24)15-7-5-6-10-21(15)18(23)13-20(2)12-14-8-9-17(25-3)16(22)11-14/h8-9,11,15,22H,4-7,10,12-13H2,1-3H3. The minimum Gasteiger partial charge on any atom is -0.504 e. The zero-order valence-electron chi connectivity index (χ0n) is 15.7. The predicted octanol–water partition coefficient (Wildman–Crippen LogP) is 1.78. The number of carbonyl (C=O) groups is 2. The van der Waals surface area contributed by atoms with Gasteiger partial charge in [0.25, 0.3) is 0 Å². The Morgan fingerprint density at radius 2 is 2.12 bits per heavy atom. The van der Waals surface area contributed by atoms with E-state index in [0.29, 0.717) is 31.9 Å². The van der Waals surface area contributed by atoms with Crippen molar-refractivity contribution in [2.75, 3.05) is 33.9 Å². The summed E-state index contributed by atoms with van der Waals surface area (Å²) in [6.45, 7) is 3.37. The molecule has 0 aromatic heterocycles. The molecule has 0 radical (unpaired) electrons. The van der Waals surface area contributed by atoms with Crippen LogP contribution in [0.3, 0.4) is 0 Å². The van der Waals surface area contributed by atoms with E-state index in [9.17, 15) is 14.7 Å². The number of piperidine rings is 1. The molecule has 7 heteroatoms. The molecule has 1 N–H and O–H groups in total. The highest BCUT2D eigenvalue weighted by atomic mass is 16.5. The van der Waals surface area contributed by atoms with Gasteiger partial charge in [0.15, 0.2) is 11.5 Å². The van der Waals surface area contributed by atoms with Crippen molar-refractivity contribution in [1.29, 1.82) is 0 Å². The molecule has 0 saturated carbocycles. The number of carbonyl (C=O) groups excluding carboxylic acids is 2. The summed E-state index contributed by atoms with van der Waals surface area (Å²) in [5.41, 5.74) is 0.874. The van der Waals surface area contributed by atoms with Gasteiger partial charge in [-0.3, -0.25) is 9.69 Å². The van der Waals surface area contributed by atoms with Gasteiger partial charge in [0.2, 0.25) is 5.91 Å². The van der Waals surface area contributed by atoms with Gasteiger partial charge in [0.05, 0.1) is 20.3 Å². The number of phenols is 1. The summed E-state index contributed by atoms with van der Waals surface area (Å²) >= 11 is 0. The van der Waals surface area contributed by atoms with Crippen molar-refractivity contribution in [2.24, 2.45) is 0 Å². The number of ether oxygens (including phenoxy) is 2. The van der Waals surface area contributed by atoms with Crippen LogP contribution in [0.4, 0.5) is 0 Å². The minimum absolute atomic E-state index is 0.0723. The molecule has 0 spiro atoms. The molecule has 1 unspecified atom stereocenters. The lowest BCUT2D eigenvalue weighted by Crippen LogP contribution is -2.51. The third-order valence-electron chi connectivity index (χ3n) is 4.48. The van der Waals surface area contributed by atoms with Crippen molar-refractivity contribution < 1.29 is 24.2 Å². The van der Waals surface area contributed by atoms with Crippen molar-refractivity contribution >= 4 is 11.9 Å². The highest BCUT2D eigenvalue weighted by Gasteiger charge is 2.33. The van der Waals surface area contributed by atoms with Gasteiger partial charge in [0, 0.05) is 13.1 Å². The van der Waals surface area contributed by atoms with E-state index in [2.05, 4.69) is 0 Å². The minimum atomic E-state index is -0.477. The van der Waals surface area contributed by atoms with E-state index in [1.165, 1.54) is 7.11 Å². The summed E-state index contributed by atoms with van der Waals surface area (Å²) < 4.78 is 10.1. The fraction of sp³-hybridized carbons (Fsp3) is 0.579. The van der Waals surface area contributed by atoms with Crippen molar-refractivity contribution in [3.05, 3.63) is 23.8 Å². The van der Waals surface area contributed by atoms with E-state index >= 15 is 0 Å². The lowest BCUT2D eigenvalue weighted by Gasteiger charge is -2.35. The summed E-state index contributed by atoms with van der Waals surface area (Å²) in [4.78, 5) is 28.3. The van der Waals surface area contributed by atoms with E-state index in [-0.39, 0.29) is 24.2 Å². The number of esters is 1. The number of phenolic OH excluding ortho intramolecular Hbond substituents is 1. The van der Waals surface area contributed by atoms with Gasteiger partial charge in [-0.05, 0) is 50.9 Å². The molecule has 1 heterocycles. The lowest BCUT2D eigenvalue weighted by atomic mass is 10.0. The molecule has 1 fully saturated rings.